The Kier molecular flexibility index (Phi) is 6.21. The van der Waals surface area contributed by atoms with Crippen LogP contribution in [-0.2, 0) is 4.79 Å². The van der Waals surface area contributed by atoms with E-state index in [4.69, 9.17) is 0 Å². The van der Waals surface area contributed by atoms with Crippen LogP contribution in [0.5, 0.6) is 0 Å². The third kappa shape index (κ3) is 5.14. The van der Waals surface area contributed by atoms with Crippen LogP contribution in [-0.4, -0.2) is 18.5 Å². The van der Waals surface area contributed by atoms with E-state index in [0.29, 0.717) is 0 Å². The lowest BCUT2D eigenvalue weighted by molar-refractivity contribution is -0.120. The minimum absolute atomic E-state index is 0.0287. The molecule has 0 aromatic heterocycles. The number of amides is 1. The van der Waals surface area contributed by atoms with E-state index in [9.17, 15) is 13.6 Å². The van der Waals surface area contributed by atoms with Gasteiger partial charge in [-0.15, -0.1) is 0 Å². The number of benzene rings is 1. The molecule has 2 N–H and O–H groups in total. The van der Waals surface area contributed by atoms with Gasteiger partial charge < -0.3 is 10.6 Å². The van der Waals surface area contributed by atoms with Crippen molar-refractivity contribution in [1.82, 2.24) is 5.32 Å². The van der Waals surface area contributed by atoms with Crippen LogP contribution in [0.1, 0.15) is 26.7 Å². The third-order valence-corrected chi connectivity index (χ3v) is 3.19. The molecule has 0 aliphatic heterocycles. The van der Waals surface area contributed by atoms with Crippen LogP contribution in [0, 0.1) is 11.6 Å². The van der Waals surface area contributed by atoms with E-state index in [-0.39, 0.29) is 28.7 Å². The highest BCUT2D eigenvalue weighted by Crippen LogP contribution is 2.23. The summed E-state index contributed by atoms with van der Waals surface area (Å²) < 4.78 is 26.8. The fourth-order valence-electron chi connectivity index (χ4n) is 1.66. The number of halogens is 3. The largest absolute Gasteiger partial charge is 0.374 e. The molecule has 0 aliphatic carbocycles. The van der Waals surface area contributed by atoms with E-state index in [1.54, 1.807) is 0 Å². The quantitative estimate of drug-likeness (QED) is 0.782. The average molecular weight is 335 g/mol. The topological polar surface area (TPSA) is 41.1 Å². The van der Waals surface area contributed by atoms with E-state index in [2.05, 4.69) is 26.6 Å². The van der Waals surface area contributed by atoms with Gasteiger partial charge in [0.05, 0.1) is 16.7 Å². The van der Waals surface area contributed by atoms with Gasteiger partial charge in [-0.25, -0.2) is 8.78 Å². The first-order valence-electron chi connectivity index (χ1n) is 6.11. The van der Waals surface area contributed by atoms with E-state index >= 15 is 0 Å². The summed E-state index contributed by atoms with van der Waals surface area (Å²) in [7, 11) is 0. The van der Waals surface area contributed by atoms with Crippen molar-refractivity contribution in [3.05, 3.63) is 28.2 Å². The molecule has 6 heteroatoms. The minimum Gasteiger partial charge on any atom is -0.374 e. The number of carbonyl (C=O) groups is 1. The number of anilines is 1. The van der Waals surface area contributed by atoms with Crippen molar-refractivity contribution in [1.29, 1.82) is 0 Å². The van der Waals surface area contributed by atoms with Crippen molar-refractivity contribution in [3.8, 4) is 0 Å². The second-order valence-corrected chi connectivity index (χ2v) is 5.21. The normalized spacial score (nSPS) is 12.1. The summed E-state index contributed by atoms with van der Waals surface area (Å²) in [6, 6.07) is 2.11. The van der Waals surface area contributed by atoms with Gasteiger partial charge in [0.25, 0.3) is 0 Å². The molecule has 1 unspecified atom stereocenters. The molecular weight excluding hydrogens is 318 g/mol. The zero-order valence-corrected chi connectivity index (χ0v) is 12.5. The van der Waals surface area contributed by atoms with Gasteiger partial charge in [0.1, 0.15) is 11.6 Å². The number of hydrogen-bond donors (Lipinski definition) is 2. The molecule has 0 radical (unpaired) electrons. The SMILES string of the molecule is CCCC(C)NC(=O)CNc1cc(F)c(Br)cc1F. The Labute approximate surface area is 119 Å². The number of hydrogen-bond acceptors (Lipinski definition) is 2. The highest BCUT2D eigenvalue weighted by molar-refractivity contribution is 9.10. The minimum atomic E-state index is -0.609. The Balaban J connectivity index is 2.53. The van der Waals surface area contributed by atoms with Crippen LogP contribution in [0.15, 0.2) is 16.6 Å². The van der Waals surface area contributed by atoms with Crippen LogP contribution < -0.4 is 10.6 Å². The smallest absolute Gasteiger partial charge is 0.239 e. The van der Waals surface area contributed by atoms with Gasteiger partial charge in [-0.1, -0.05) is 13.3 Å². The van der Waals surface area contributed by atoms with Gasteiger partial charge in [0.15, 0.2) is 0 Å². The van der Waals surface area contributed by atoms with Crippen molar-refractivity contribution in [2.24, 2.45) is 0 Å². The second kappa shape index (κ2) is 7.43. The summed E-state index contributed by atoms with van der Waals surface area (Å²) in [6.45, 7) is 3.84. The van der Waals surface area contributed by atoms with Gasteiger partial charge in [-0.3, -0.25) is 4.79 Å². The molecule has 0 spiro atoms. The molecule has 1 amide bonds. The predicted molar refractivity (Wildman–Crippen MR) is 75.1 cm³/mol. The van der Waals surface area contributed by atoms with Gasteiger partial charge in [-0.2, -0.15) is 0 Å². The molecule has 0 saturated carbocycles. The summed E-state index contributed by atoms with van der Waals surface area (Å²) in [4.78, 5) is 11.6. The molecule has 19 heavy (non-hydrogen) atoms. The molecular formula is C13H17BrF2N2O. The van der Waals surface area contributed by atoms with Gasteiger partial charge in [-0.05, 0) is 35.3 Å². The maximum atomic E-state index is 13.5. The Hall–Kier alpha value is -1.17. The monoisotopic (exact) mass is 334 g/mol. The van der Waals surface area contributed by atoms with Crippen molar-refractivity contribution >= 4 is 27.5 Å². The molecule has 106 valence electrons. The summed E-state index contributed by atoms with van der Waals surface area (Å²) in [6.07, 6.45) is 1.86. The Morgan fingerprint density at radius 2 is 2.05 bits per heavy atom. The molecule has 0 saturated heterocycles. The fourth-order valence-corrected chi connectivity index (χ4v) is 1.98. The predicted octanol–water partition coefficient (Wildman–Crippen LogP) is 3.44. The fraction of sp³-hybridized carbons (Fsp3) is 0.462. The molecule has 1 atom stereocenters. The van der Waals surface area contributed by atoms with Crippen LogP contribution in [0.4, 0.5) is 14.5 Å². The first kappa shape index (κ1) is 15.9. The van der Waals surface area contributed by atoms with Gasteiger partial charge in [0, 0.05) is 12.1 Å². The van der Waals surface area contributed by atoms with Crippen LogP contribution in [0.25, 0.3) is 0 Å². The molecule has 3 nitrogen and oxygen atoms in total. The first-order valence-corrected chi connectivity index (χ1v) is 6.91. The van der Waals surface area contributed by atoms with Crippen LogP contribution in [0.3, 0.4) is 0 Å². The second-order valence-electron chi connectivity index (χ2n) is 4.36. The van der Waals surface area contributed by atoms with E-state index in [1.165, 1.54) is 0 Å². The molecule has 1 rings (SSSR count). The zero-order chi connectivity index (χ0) is 14.4. The standard InChI is InChI=1S/C13H17BrF2N2O/c1-3-4-8(2)18-13(19)7-17-12-6-10(15)9(14)5-11(12)16/h5-6,8,17H,3-4,7H2,1-2H3,(H,18,19). The lowest BCUT2D eigenvalue weighted by Crippen LogP contribution is -2.36. The highest BCUT2D eigenvalue weighted by Gasteiger charge is 2.10. The lowest BCUT2D eigenvalue weighted by Gasteiger charge is -2.14. The Bertz CT molecular complexity index is 455. The number of carbonyl (C=O) groups excluding carboxylic acids is 1. The zero-order valence-electron chi connectivity index (χ0n) is 10.9. The molecule has 1 aromatic rings. The van der Waals surface area contributed by atoms with Crippen molar-refractivity contribution in [3.63, 3.8) is 0 Å². The van der Waals surface area contributed by atoms with Crippen molar-refractivity contribution < 1.29 is 13.6 Å². The van der Waals surface area contributed by atoms with Crippen molar-refractivity contribution in [2.45, 2.75) is 32.7 Å². The first-order chi connectivity index (χ1) is 8.93. The molecule has 0 heterocycles. The maximum absolute atomic E-state index is 13.5. The number of rotatable bonds is 6. The summed E-state index contributed by atoms with van der Waals surface area (Å²) in [5, 5.41) is 5.35. The number of nitrogens with one attached hydrogen (secondary N) is 2. The molecule has 0 bridgehead atoms. The summed E-state index contributed by atoms with van der Waals surface area (Å²) >= 11 is 2.89. The van der Waals surface area contributed by atoms with E-state index in [1.807, 2.05) is 13.8 Å². The van der Waals surface area contributed by atoms with Gasteiger partial charge >= 0.3 is 0 Å². The average Bonchev–Trinajstić information content (AvgIpc) is 2.32. The van der Waals surface area contributed by atoms with E-state index < -0.39 is 11.6 Å². The Morgan fingerprint density at radius 1 is 1.37 bits per heavy atom. The highest BCUT2D eigenvalue weighted by atomic mass is 79.9. The Morgan fingerprint density at radius 3 is 2.68 bits per heavy atom. The molecule has 1 aromatic carbocycles. The van der Waals surface area contributed by atoms with E-state index in [0.717, 1.165) is 25.0 Å². The van der Waals surface area contributed by atoms with Crippen molar-refractivity contribution in [2.75, 3.05) is 11.9 Å². The molecule has 0 fully saturated rings. The summed E-state index contributed by atoms with van der Waals surface area (Å²) in [5.74, 6) is -1.44. The van der Waals surface area contributed by atoms with Crippen LogP contribution >= 0.6 is 15.9 Å². The lowest BCUT2D eigenvalue weighted by atomic mass is 10.2. The van der Waals surface area contributed by atoms with Crippen LogP contribution in [0.2, 0.25) is 0 Å². The molecule has 0 aliphatic rings. The maximum Gasteiger partial charge on any atom is 0.239 e. The third-order valence-electron chi connectivity index (χ3n) is 2.58. The summed E-state index contributed by atoms with van der Waals surface area (Å²) in [5.41, 5.74) is -0.0287. The van der Waals surface area contributed by atoms with Gasteiger partial charge in [0.2, 0.25) is 5.91 Å².